The maximum absolute atomic E-state index is 5.40. The fourth-order valence-electron chi connectivity index (χ4n) is 0.679. The molecule has 0 rings (SSSR count). The maximum atomic E-state index is 5.40. The predicted molar refractivity (Wildman–Crippen MR) is 54.9 cm³/mol. The molecule has 3 heteroatoms. The Kier molecular flexibility index (Phi) is 7.10. The van der Waals surface area contributed by atoms with Crippen molar-refractivity contribution in [1.82, 2.24) is 0 Å². The van der Waals surface area contributed by atoms with E-state index in [9.17, 15) is 0 Å². The molecule has 0 N–H and O–H groups in total. The summed E-state index contributed by atoms with van der Waals surface area (Å²) in [6.45, 7) is 5.76. The average molecular weight is 239 g/mol. The minimum Gasteiger partial charge on any atom is -0.381 e. The van der Waals surface area contributed by atoms with Crippen LogP contribution < -0.4 is 0 Å². The first-order chi connectivity index (χ1) is 5.62. The van der Waals surface area contributed by atoms with Crippen LogP contribution in [0.25, 0.3) is 0 Å². The Morgan fingerprint density at radius 1 is 1.25 bits per heavy atom. The van der Waals surface area contributed by atoms with Crippen molar-refractivity contribution >= 4 is 15.9 Å². The second kappa shape index (κ2) is 6.87. The molecule has 0 aliphatic carbocycles. The van der Waals surface area contributed by atoms with Crippen LogP contribution in [0.3, 0.4) is 0 Å². The zero-order valence-electron chi connectivity index (χ0n) is 8.23. The summed E-state index contributed by atoms with van der Waals surface area (Å²) in [6.07, 6.45) is 2.03. The van der Waals surface area contributed by atoms with Crippen LogP contribution in [-0.4, -0.2) is 31.3 Å². The summed E-state index contributed by atoms with van der Waals surface area (Å²) in [6, 6.07) is 0. The third-order valence-corrected chi connectivity index (χ3v) is 2.38. The lowest BCUT2D eigenvalue weighted by Crippen LogP contribution is -2.24. The quantitative estimate of drug-likeness (QED) is 0.502. The van der Waals surface area contributed by atoms with E-state index in [1.165, 1.54) is 0 Å². The van der Waals surface area contributed by atoms with E-state index in [1.54, 1.807) is 7.11 Å². The van der Waals surface area contributed by atoms with E-state index in [-0.39, 0.29) is 5.60 Å². The molecule has 0 unspecified atom stereocenters. The number of halogens is 1. The molecule has 2 nitrogen and oxygen atoms in total. The van der Waals surface area contributed by atoms with Crippen molar-refractivity contribution < 1.29 is 9.47 Å². The highest BCUT2D eigenvalue weighted by molar-refractivity contribution is 9.09. The average Bonchev–Trinajstić information content (AvgIpc) is 2.04. The van der Waals surface area contributed by atoms with E-state index in [0.717, 1.165) is 31.4 Å². The van der Waals surface area contributed by atoms with Crippen LogP contribution in [0.15, 0.2) is 0 Å². The van der Waals surface area contributed by atoms with Crippen molar-refractivity contribution in [2.24, 2.45) is 0 Å². The standard InChI is InChI=1S/C9H19BrO2/c1-9(2,11-3)5-8-12-7-4-6-10/h4-8H2,1-3H3. The summed E-state index contributed by atoms with van der Waals surface area (Å²) in [5, 5.41) is 1.01. The van der Waals surface area contributed by atoms with Crippen molar-refractivity contribution in [3.63, 3.8) is 0 Å². The van der Waals surface area contributed by atoms with Gasteiger partial charge in [-0.25, -0.2) is 0 Å². The molecule has 0 bridgehead atoms. The number of rotatable bonds is 7. The van der Waals surface area contributed by atoms with Gasteiger partial charge >= 0.3 is 0 Å². The van der Waals surface area contributed by atoms with E-state index in [4.69, 9.17) is 9.47 Å². The first-order valence-electron chi connectivity index (χ1n) is 4.31. The summed E-state index contributed by atoms with van der Waals surface area (Å²) in [7, 11) is 1.73. The molecule has 0 saturated heterocycles. The SMILES string of the molecule is COC(C)(C)CCOCCCBr. The molecule has 0 atom stereocenters. The molecular formula is C9H19BrO2. The molecule has 0 radical (unpaired) electrons. The van der Waals surface area contributed by atoms with Gasteiger partial charge in [0.15, 0.2) is 0 Å². The normalized spacial score (nSPS) is 12.0. The van der Waals surface area contributed by atoms with Crippen molar-refractivity contribution in [3.05, 3.63) is 0 Å². The van der Waals surface area contributed by atoms with Crippen LogP contribution in [0.1, 0.15) is 26.7 Å². The lowest BCUT2D eigenvalue weighted by Gasteiger charge is -2.22. The molecule has 0 heterocycles. The molecular weight excluding hydrogens is 220 g/mol. The highest BCUT2D eigenvalue weighted by Crippen LogP contribution is 2.12. The van der Waals surface area contributed by atoms with Gasteiger partial charge in [0.05, 0.1) is 5.60 Å². The maximum Gasteiger partial charge on any atom is 0.0644 e. The number of hydrogen-bond donors (Lipinski definition) is 0. The van der Waals surface area contributed by atoms with Crippen LogP contribution in [-0.2, 0) is 9.47 Å². The Morgan fingerprint density at radius 2 is 1.92 bits per heavy atom. The molecule has 0 aromatic carbocycles. The first kappa shape index (κ1) is 12.4. The van der Waals surface area contributed by atoms with Crippen LogP contribution in [0.5, 0.6) is 0 Å². The second-order valence-corrected chi connectivity index (χ2v) is 4.16. The van der Waals surface area contributed by atoms with Gasteiger partial charge in [-0.1, -0.05) is 15.9 Å². The molecule has 0 aromatic heterocycles. The largest absolute Gasteiger partial charge is 0.381 e. The fraction of sp³-hybridized carbons (Fsp3) is 1.00. The van der Waals surface area contributed by atoms with E-state index in [2.05, 4.69) is 29.8 Å². The van der Waals surface area contributed by atoms with Crippen LogP contribution in [0.2, 0.25) is 0 Å². The zero-order valence-corrected chi connectivity index (χ0v) is 9.82. The Hall–Kier alpha value is 0.400. The topological polar surface area (TPSA) is 18.5 Å². The van der Waals surface area contributed by atoms with Crippen molar-refractivity contribution in [3.8, 4) is 0 Å². The van der Waals surface area contributed by atoms with E-state index in [1.807, 2.05) is 0 Å². The van der Waals surface area contributed by atoms with Crippen molar-refractivity contribution in [1.29, 1.82) is 0 Å². The van der Waals surface area contributed by atoms with E-state index >= 15 is 0 Å². The Labute approximate surface area is 83.8 Å². The first-order valence-corrected chi connectivity index (χ1v) is 5.43. The number of alkyl halides is 1. The number of hydrogen-bond acceptors (Lipinski definition) is 2. The third-order valence-electron chi connectivity index (χ3n) is 1.82. The van der Waals surface area contributed by atoms with E-state index in [0.29, 0.717) is 0 Å². The van der Waals surface area contributed by atoms with Crippen LogP contribution in [0.4, 0.5) is 0 Å². The molecule has 12 heavy (non-hydrogen) atoms. The molecule has 0 saturated carbocycles. The van der Waals surface area contributed by atoms with Gasteiger partial charge in [0.25, 0.3) is 0 Å². The Balaban J connectivity index is 3.19. The molecule has 0 fully saturated rings. The monoisotopic (exact) mass is 238 g/mol. The minimum atomic E-state index is -0.0472. The van der Waals surface area contributed by atoms with Crippen LogP contribution in [0, 0.1) is 0 Å². The van der Waals surface area contributed by atoms with Crippen LogP contribution >= 0.6 is 15.9 Å². The van der Waals surface area contributed by atoms with E-state index < -0.39 is 0 Å². The number of ether oxygens (including phenoxy) is 2. The molecule has 0 aliphatic rings. The van der Waals surface area contributed by atoms with Gasteiger partial charge < -0.3 is 9.47 Å². The minimum absolute atomic E-state index is 0.0472. The van der Waals surface area contributed by atoms with Gasteiger partial charge in [-0.2, -0.15) is 0 Å². The summed E-state index contributed by atoms with van der Waals surface area (Å²) < 4.78 is 10.7. The summed E-state index contributed by atoms with van der Waals surface area (Å²) in [4.78, 5) is 0. The highest BCUT2D eigenvalue weighted by atomic mass is 79.9. The Bertz CT molecular complexity index is 105. The molecule has 0 spiro atoms. The Morgan fingerprint density at radius 3 is 2.42 bits per heavy atom. The van der Waals surface area contributed by atoms with Crippen molar-refractivity contribution in [2.45, 2.75) is 32.3 Å². The molecule has 0 amide bonds. The lowest BCUT2D eigenvalue weighted by molar-refractivity contribution is -0.00956. The van der Waals surface area contributed by atoms with Gasteiger partial charge in [-0.05, 0) is 26.7 Å². The second-order valence-electron chi connectivity index (χ2n) is 3.37. The summed E-state index contributed by atoms with van der Waals surface area (Å²) >= 11 is 3.35. The lowest BCUT2D eigenvalue weighted by atomic mass is 10.1. The zero-order chi connectivity index (χ0) is 9.45. The molecule has 74 valence electrons. The van der Waals surface area contributed by atoms with Gasteiger partial charge in [0.1, 0.15) is 0 Å². The summed E-state index contributed by atoms with van der Waals surface area (Å²) in [5.74, 6) is 0. The predicted octanol–water partition coefficient (Wildman–Crippen LogP) is 2.60. The highest BCUT2D eigenvalue weighted by Gasteiger charge is 2.15. The van der Waals surface area contributed by atoms with Gasteiger partial charge in [0.2, 0.25) is 0 Å². The third kappa shape index (κ3) is 7.07. The molecule has 0 aliphatic heterocycles. The van der Waals surface area contributed by atoms with Gasteiger partial charge in [-0.15, -0.1) is 0 Å². The number of methoxy groups -OCH3 is 1. The summed E-state index contributed by atoms with van der Waals surface area (Å²) in [5.41, 5.74) is -0.0472. The fourth-order valence-corrected chi connectivity index (χ4v) is 0.908. The molecule has 0 aromatic rings. The van der Waals surface area contributed by atoms with Crippen molar-refractivity contribution in [2.75, 3.05) is 25.7 Å². The van der Waals surface area contributed by atoms with Gasteiger partial charge in [0, 0.05) is 25.7 Å². The van der Waals surface area contributed by atoms with Gasteiger partial charge in [-0.3, -0.25) is 0 Å². The smallest absolute Gasteiger partial charge is 0.0644 e.